The van der Waals surface area contributed by atoms with Crippen molar-refractivity contribution in [3.05, 3.63) is 53.1 Å². The van der Waals surface area contributed by atoms with Crippen molar-refractivity contribution in [2.45, 2.75) is 63.2 Å². The number of sulfonamides is 2. The van der Waals surface area contributed by atoms with Crippen LogP contribution in [0.4, 0.5) is 5.69 Å². The average Bonchev–Trinajstić information content (AvgIpc) is 2.60. The molecule has 29 heavy (non-hydrogen) atoms. The molecule has 0 amide bonds. The monoisotopic (exact) mass is 438 g/mol. The van der Waals surface area contributed by atoms with Crippen LogP contribution in [0, 0.1) is 20.8 Å². The zero-order chi connectivity index (χ0) is 21.7. The standard InChI is InChI=1S/C21H30N2O4S2/c1-5-6-7-8-13-22-28(24,25)20-11-9-19(10-12-20)23-29(26,27)21-17(3)14-16(2)15-18(21)4/h9-12,14-15,22-23H,5-8,13H2,1-4H3. The summed E-state index contributed by atoms with van der Waals surface area (Å²) in [5.74, 6) is 0. The van der Waals surface area contributed by atoms with Gasteiger partial charge in [-0.2, -0.15) is 0 Å². The van der Waals surface area contributed by atoms with E-state index < -0.39 is 20.0 Å². The SMILES string of the molecule is CCCCCCNS(=O)(=O)c1ccc(NS(=O)(=O)c2c(C)cc(C)cc2C)cc1. The van der Waals surface area contributed by atoms with Crippen molar-refractivity contribution < 1.29 is 16.8 Å². The number of hydrogen-bond acceptors (Lipinski definition) is 4. The molecular formula is C21H30N2O4S2. The van der Waals surface area contributed by atoms with Gasteiger partial charge < -0.3 is 0 Å². The van der Waals surface area contributed by atoms with Crippen molar-refractivity contribution in [3.63, 3.8) is 0 Å². The lowest BCUT2D eigenvalue weighted by Gasteiger charge is -2.14. The van der Waals surface area contributed by atoms with Gasteiger partial charge in [0.15, 0.2) is 0 Å². The molecule has 8 heteroatoms. The highest BCUT2D eigenvalue weighted by Crippen LogP contribution is 2.25. The highest BCUT2D eigenvalue weighted by atomic mass is 32.2. The van der Waals surface area contributed by atoms with E-state index in [4.69, 9.17) is 0 Å². The topological polar surface area (TPSA) is 92.3 Å². The molecule has 0 bridgehead atoms. The first-order chi connectivity index (χ1) is 13.6. The van der Waals surface area contributed by atoms with Crippen molar-refractivity contribution in [1.29, 1.82) is 0 Å². The second kappa shape index (κ2) is 9.73. The van der Waals surface area contributed by atoms with Crippen LogP contribution in [0.15, 0.2) is 46.2 Å². The molecule has 0 aliphatic carbocycles. The van der Waals surface area contributed by atoms with Crippen LogP contribution in [0.5, 0.6) is 0 Å². The maximum absolute atomic E-state index is 12.8. The highest BCUT2D eigenvalue weighted by molar-refractivity contribution is 7.92. The van der Waals surface area contributed by atoms with Crippen molar-refractivity contribution in [2.24, 2.45) is 0 Å². The van der Waals surface area contributed by atoms with E-state index in [-0.39, 0.29) is 9.79 Å². The van der Waals surface area contributed by atoms with Crippen molar-refractivity contribution in [2.75, 3.05) is 11.3 Å². The van der Waals surface area contributed by atoms with Crippen LogP contribution in [-0.4, -0.2) is 23.4 Å². The largest absolute Gasteiger partial charge is 0.280 e. The predicted octanol–water partition coefficient (Wildman–Crippen LogP) is 4.27. The molecule has 0 saturated carbocycles. The summed E-state index contributed by atoms with van der Waals surface area (Å²) in [6.45, 7) is 7.93. The lowest BCUT2D eigenvalue weighted by atomic mass is 10.1. The molecule has 0 spiro atoms. The number of aryl methyl sites for hydroxylation is 3. The Labute approximate surface area is 174 Å². The van der Waals surface area contributed by atoms with Crippen LogP contribution < -0.4 is 9.44 Å². The third-order valence-electron chi connectivity index (χ3n) is 4.61. The Balaban J connectivity index is 2.12. The summed E-state index contributed by atoms with van der Waals surface area (Å²) in [6, 6.07) is 9.37. The van der Waals surface area contributed by atoms with Crippen molar-refractivity contribution in [3.8, 4) is 0 Å². The predicted molar refractivity (Wildman–Crippen MR) is 117 cm³/mol. The number of anilines is 1. The maximum atomic E-state index is 12.8. The molecule has 0 aliphatic rings. The van der Waals surface area contributed by atoms with Crippen LogP contribution in [0.2, 0.25) is 0 Å². The second-order valence-corrected chi connectivity index (χ2v) is 10.7. The lowest BCUT2D eigenvalue weighted by Crippen LogP contribution is -2.24. The van der Waals surface area contributed by atoms with Crippen LogP contribution in [0.1, 0.15) is 49.3 Å². The lowest BCUT2D eigenvalue weighted by molar-refractivity contribution is 0.573. The fraction of sp³-hybridized carbons (Fsp3) is 0.429. The Morgan fingerprint density at radius 2 is 1.38 bits per heavy atom. The summed E-state index contributed by atoms with van der Waals surface area (Å²) in [5, 5.41) is 0. The molecule has 2 aromatic rings. The first-order valence-electron chi connectivity index (χ1n) is 9.77. The van der Waals surface area contributed by atoms with Gasteiger partial charge in [0, 0.05) is 12.2 Å². The van der Waals surface area contributed by atoms with Crippen LogP contribution in [-0.2, 0) is 20.0 Å². The molecule has 0 radical (unpaired) electrons. The van der Waals surface area contributed by atoms with Crippen LogP contribution >= 0.6 is 0 Å². The zero-order valence-electron chi connectivity index (χ0n) is 17.4. The number of benzene rings is 2. The molecule has 6 nitrogen and oxygen atoms in total. The molecule has 0 aliphatic heterocycles. The number of nitrogens with one attached hydrogen (secondary N) is 2. The maximum Gasteiger partial charge on any atom is 0.262 e. The molecule has 2 N–H and O–H groups in total. The fourth-order valence-corrected chi connectivity index (χ4v) is 5.93. The third kappa shape index (κ3) is 6.29. The molecule has 0 aromatic heterocycles. The van der Waals surface area contributed by atoms with Gasteiger partial charge in [0.25, 0.3) is 10.0 Å². The minimum atomic E-state index is -3.78. The second-order valence-electron chi connectivity index (χ2n) is 7.32. The normalized spacial score (nSPS) is 12.1. The molecule has 2 aromatic carbocycles. The Hall–Kier alpha value is -1.90. The Bertz CT molecular complexity index is 1020. The molecule has 0 heterocycles. The van der Waals surface area contributed by atoms with Gasteiger partial charge in [-0.15, -0.1) is 0 Å². The van der Waals surface area contributed by atoms with Gasteiger partial charge in [0.2, 0.25) is 10.0 Å². The van der Waals surface area contributed by atoms with E-state index in [2.05, 4.69) is 16.4 Å². The average molecular weight is 439 g/mol. The van der Waals surface area contributed by atoms with E-state index in [0.717, 1.165) is 31.2 Å². The number of rotatable bonds is 10. The Morgan fingerprint density at radius 1 is 0.793 bits per heavy atom. The third-order valence-corrected chi connectivity index (χ3v) is 7.78. The van der Waals surface area contributed by atoms with Gasteiger partial charge in [0.05, 0.1) is 9.79 Å². The van der Waals surface area contributed by atoms with E-state index >= 15 is 0 Å². The summed E-state index contributed by atoms with van der Waals surface area (Å²) in [5.41, 5.74) is 2.64. The summed E-state index contributed by atoms with van der Waals surface area (Å²) >= 11 is 0. The van der Waals surface area contributed by atoms with E-state index in [1.165, 1.54) is 24.3 Å². The molecule has 0 saturated heterocycles. The van der Waals surface area contributed by atoms with E-state index in [0.29, 0.717) is 23.4 Å². The zero-order valence-corrected chi connectivity index (χ0v) is 19.1. The van der Waals surface area contributed by atoms with Crippen molar-refractivity contribution in [1.82, 2.24) is 4.72 Å². The molecule has 0 fully saturated rings. The van der Waals surface area contributed by atoms with Crippen LogP contribution in [0.25, 0.3) is 0 Å². The summed E-state index contributed by atoms with van der Waals surface area (Å²) in [7, 11) is -7.38. The van der Waals surface area contributed by atoms with E-state index in [1.807, 2.05) is 19.1 Å². The highest BCUT2D eigenvalue weighted by Gasteiger charge is 2.20. The van der Waals surface area contributed by atoms with Crippen molar-refractivity contribution >= 4 is 25.7 Å². The number of hydrogen-bond donors (Lipinski definition) is 2. The van der Waals surface area contributed by atoms with Gasteiger partial charge in [-0.25, -0.2) is 21.6 Å². The molecule has 160 valence electrons. The summed E-state index contributed by atoms with van der Waals surface area (Å²) in [4.78, 5) is 0.354. The van der Waals surface area contributed by atoms with E-state index in [9.17, 15) is 16.8 Å². The quantitative estimate of drug-likeness (QED) is 0.542. The Morgan fingerprint density at radius 3 is 1.93 bits per heavy atom. The molecular weight excluding hydrogens is 408 g/mol. The van der Waals surface area contributed by atoms with Gasteiger partial charge in [-0.1, -0.05) is 43.9 Å². The summed E-state index contributed by atoms with van der Waals surface area (Å²) in [6.07, 6.45) is 3.94. The molecule has 0 unspecified atom stereocenters. The number of unbranched alkanes of at least 4 members (excludes halogenated alkanes) is 3. The minimum Gasteiger partial charge on any atom is -0.280 e. The van der Waals surface area contributed by atoms with Crippen LogP contribution in [0.3, 0.4) is 0 Å². The first kappa shape index (κ1) is 23.4. The smallest absolute Gasteiger partial charge is 0.262 e. The first-order valence-corrected chi connectivity index (χ1v) is 12.7. The fourth-order valence-electron chi connectivity index (χ4n) is 3.34. The van der Waals surface area contributed by atoms with Gasteiger partial charge in [0.1, 0.15) is 0 Å². The van der Waals surface area contributed by atoms with Gasteiger partial charge >= 0.3 is 0 Å². The Kier molecular flexibility index (Phi) is 7.85. The summed E-state index contributed by atoms with van der Waals surface area (Å²) < 4.78 is 55.5. The minimum absolute atomic E-state index is 0.110. The molecule has 2 rings (SSSR count). The van der Waals surface area contributed by atoms with E-state index in [1.54, 1.807) is 13.8 Å². The van der Waals surface area contributed by atoms with Gasteiger partial charge in [-0.3, -0.25) is 4.72 Å². The molecule has 0 atom stereocenters. The van der Waals surface area contributed by atoms with Gasteiger partial charge in [-0.05, 0) is 62.6 Å².